The lowest BCUT2D eigenvalue weighted by molar-refractivity contribution is -0.131. The first-order chi connectivity index (χ1) is 19.1. The van der Waals surface area contributed by atoms with Crippen molar-refractivity contribution in [3.8, 4) is 0 Å². The average Bonchev–Trinajstić information content (AvgIpc) is 2.94. The lowest BCUT2D eigenvalue weighted by atomic mass is 10.1. The molecular formula is C34H61NO4. The summed E-state index contributed by atoms with van der Waals surface area (Å²) in [5.74, 6) is -0.531. The van der Waals surface area contributed by atoms with Crippen molar-refractivity contribution in [2.45, 2.75) is 154 Å². The topological polar surface area (TPSA) is 89.8 Å². The molecule has 0 saturated heterocycles. The summed E-state index contributed by atoms with van der Waals surface area (Å²) in [6, 6.07) is -0.818. The van der Waals surface area contributed by atoms with Gasteiger partial charge in [0.05, 0.1) is 18.8 Å². The summed E-state index contributed by atoms with van der Waals surface area (Å²) >= 11 is 0. The van der Waals surface area contributed by atoms with E-state index < -0.39 is 24.2 Å². The largest absolute Gasteiger partial charge is 0.394 e. The van der Waals surface area contributed by atoms with Crippen molar-refractivity contribution in [3.63, 3.8) is 0 Å². The SMILES string of the molecule is CCCCC/C=C\C=C/CCCCCCCC(O)C(=O)NC(CO)C(O)/C=C/CC/C=C/CCCCCCC. The normalized spacial score (nSPS) is 14.7. The van der Waals surface area contributed by atoms with E-state index in [2.05, 4.69) is 55.6 Å². The number of allylic oxidation sites excluding steroid dienone is 7. The number of hydrogen-bond acceptors (Lipinski definition) is 4. The lowest BCUT2D eigenvalue weighted by Gasteiger charge is -2.21. The first-order valence-corrected chi connectivity index (χ1v) is 16.0. The Morgan fingerprint density at radius 3 is 1.77 bits per heavy atom. The summed E-state index contributed by atoms with van der Waals surface area (Å²) in [5, 5.41) is 32.7. The Morgan fingerprint density at radius 2 is 1.13 bits per heavy atom. The van der Waals surface area contributed by atoms with Crippen LogP contribution in [0.5, 0.6) is 0 Å². The standard InChI is InChI=1S/C34H61NO4/c1-3-5-7-9-11-13-15-16-17-19-21-23-25-27-29-33(38)34(39)35-31(30-36)32(37)28-26-24-22-20-18-14-12-10-8-6-4-2/h11,13,15-16,18,20,26,28,31-33,36-38H,3-10,12,14,17,19,21-25,27,29-30H2,1-2H3,(H,35,39)/b13-11-,16-15-,20-18+,28-26+. The third kappa shape index (κ3) is 25.0. The van der Waals surface area contributed by atoms with E-state index in [1.54, 1.807) is 6.08 Å². The molecule has 0 aliphatic carbocycles. The van der Waals surface area contributed by atoms with Crippen molar-refractivity contribution in [2.24, 2.45) is 0 Å². The maximum absolute atomic E-state index is 12.3. The van der Waals surface area contributed by atoms with E-state index in [0.29, 0.717) is 6.42 Å². The lowest BCUT2D eigenvalue weighted by Crippen LogP contribution is -2.48. The van der Waals surface area contributed by atoms with Crippen molar-refractivity contribution in [1.82, 2.24) is 5.32 Å². The van der Waals surface area contributed by atoms with Crippen LogP contribution in [-0.4, -0.2) is 46.1 Å². The molecule has 4 N–H and O–H groups in total. The van der Waals surface area contributed by atoms with E-state index >= 15 is 0 Å². The van der Waals surface area contributed by atoms with E-state index in [4.69, 9.17) is 0 Å². The minimum absolute atomic E-state index is 0.384. The van der Waals surface area contributed by atoms with Gasteiger partial charge in [0.25, 0.3) is 0 Å². The van der Waals surface area contributed by atoms with Crippen LogP contribution in [0.4, 0.5) is 0 Å². The van der Waals surface area contributed by atoms with Gasteiger partial charge in [-0.2, -0.15) is 0 Å². The Morgan fingerprint density at radius 1 is 0.641 bits per heavy atom. The molecular weight excluding hydrogens is 486 g/mol. The van der Waals surface area contributed by atoms with Crippen LogP contribution in [0, 0.1) is 0 Å². The smallest absolute Gasteiger partial charge is 0.249 e. The van der Waals surface area contributed by atoms with E-state index in [9.17, 15) is 20.1 Å². The summed E-state index contributed by atoms with van der Waals surface area (Å²) in [6.07, 6.45) is 35.4. The quantitative estimate of drug-likeness (QED) is 0.0479. The average molecular weight is 548 g/mol. The number of rotatable bonds is 27. The van der Waals surface area contributed by atoms with Gasteiger partial charge in [-0.3, -0.25) is 4.79 Å². The van der Waals surface area contributed by atoms with Crippen LogP contribution >= 0.6 is 0 Å². The van der Waals surface area contributed by atoms with Crippen LogP contribution in [0.15, 0.2) is 48.6 Å². The van der Waals surface area contributed by atoms with E-state index in [1.165, 1.54) is 51.4 Å². The summed E-state index contributed by atoms with van der Waals surface area (Å²) in [5.41, 5.74) is 0. The number of hydrogen-bond donors (Lipinski definition) is 4. The van der Waals surface area contributed by atoms with Crippen molar-refractivity contribution in [1.29, 1.82) is 0 Å². The van der Waals surface area contributed by atoms with Gasteiger partial charge in [-0.05, 0) is 57.8 Å². The van der Waals surface area contributed by atoms with Crippen LogP contribution < -0.4 is 5.32 Å². The number of carbonyl (C=O) groups is 1. The van der Waals surface area contributed by atoms with E-state index in [-0.39, 0.29) is 6.61 Å². The Labute approximate surface area is 240 Å². The molecule has 0 heterocycles. The number of carbonyl (C=O) groups excluding carboxylic acids is 1. The van der Waals surface area contributed by atoms with Crippen LogP contribution in [0.25, 0.3) is 0 Å². The van der Waals surface area contributed by atoms with Gasteiger partial charge in [-0.15, -0.1) is 0 Å². The minimum Gasteiger partial charge on any atom is -0.394 e. The summed E-state index contributed by atoms with van der Waals surface area (Å²) < 4.78 is 0. The van der Waals surface area contributed by atoms with E-state index in [0.717, 1.165) is 64.2 Å². The molecule has 0 spiro atoms. The van der Waals surface area contributed by atoms with Crippen LogP contribution in [-0.2, 0) is 4.79 Å². The van der Waals surface area contributed by atoms with Gasteiger partial charge >= 0.3 is 0 Å². The van der Waals surface area contributed by atoms with Crippen molar-refractivity contribution in [2.75, 3.05) is 6.61 Å². The van der Waals surface area contributed by atoms with E-state index in [1.807, 2.05) is 6.08 Å². The monoisotopic (exact) mass is 547 g/mol. The third-order valence-corrected chi connectivity index (χ3v) is 6.92. The molecule has 0 rings (SSSR count). The maximum atomic E-state index is 12.3. The fourth-order valence-corrected chi connectivity index (χ4v) is 4.30. The second kappa shape index (κ2) is 29.3. The number of amides is 1. The second-order valence-corrected chi connectivity index (χ2v) is 10.7. The zero-order valence-corrected chi connectivity index (χ0v) is 25.2. The summed E-state index contributed by atoms with van der Waals surface area (Å²) in [4.78, 5) is 12.3. The van der Waals surface area contributed by atoms with Crippen LogP contribution in [0.1, 0.15) is 136 Å². The molecule has 0 radical (unpaired) electrons. The van der Waals surface area contributed by atoms with Crippen molar-refractivity contribution in [3.05, 3.63) is 48.6 Å². The fraction of sp³-hybridized carbons (Fsp3) is 0.735. The van der Waals surface area contributed by atoms with Gasteiger partial charge in [-0.25, -0.2) is 0 Å². The Hall–Kier alpha value is -1.69. The molecule has 0 aromatic rings. The Bertz CT molecular complexity index is 656. The number of unbranched alkanes of at least 4 members (excludes halogenated alkanes) is 14. The van der Waals surface area contributed by atoms with Gasteiger partial charge in [0.1, 0.15) is 6.10 Å². The van der Waals surface area contributed by atoms with Gasteiger partial charge in [0, 0.05) is 0 Å². The Kier molecular flexibility index (Phi) is 28.0. The third-order valence-electron chi connectivity index (χ3n) is 6.92. The second-order valence-electron chi connectivity index (χ2n) is 10.7. The molecule has 0 aromatic carbocycles. The number of nitrogens with one attached hydrogen (secondary N) is 1. The highest BCUT2D eigenvalue weighted by atomic mass is 16.3. The molecule has 0 aliphatic rings. The molecule has 0 fully saturated rings. The highest BCUT2D eigenvalue weighted by molar-refractivity contribution is 5.80. The van der Waals surface area contributed by atoms with Gasteiger partial charge in [-0.1, -0.05) is 127 Å². The van der Waals surface area contributed by atoms with Crippen LogP contribution in [0.2, 0.25) is 0 Å². The predicted molar refractivity (Wildman–Crippen MR) is 167 cm³/mol. The van der Waals surface area contributed by atoms with Gasteiger partial charge in [0.15, 0.2) is 0 Å². The molecule has 1 amide bonds. The minimum atomic E-state index is -1.12. The number of aliphatic hydroxyl groups excluding tert-OH is 3. The van der Waals surface area contributed by atoms with Crippen molar-refractivity contribution < 1.29 is 20.1 Å². The van der Waals surface area contributed by atoms with Crippen LogP contribution in [0.3, 0.4) is 0 Å². The molecule has 0 bridgehead atoms. The molecule has 3 atom stereocenters. The fourth-order valence-electron chi connectivity index (χ4n) is 4.30. The zero-order chi connectivity index (χ0) is 28.8. The summed E-state index contributed by atoms with van der Waals surface area (Å²) in [7, 11) is 0. The van der Waals surface area contributed by atoms with Crippen molar-refractivity contribution >= 4 is 5.91 Å². The molecule has 0 saturated carbocycles. The molecule has 0 aromatic heterocycles. The molecule has 3 unspecified atom stereocenters. The molecule has 226 valence electrons. The highest BCUT2D eigenvalue weighted by Gasteiger charge is 2.22. The predicted octanol–water partition coefficient (Wildman–Crippen LogP) is 7.86. The molecule has 5 nitrogen and oxygen atoms in total. The number of aliphatic hydroxyl groups is 3. The molecule has 0 aliphatic heterocycles. The zero-order valence-electron chi connectivity index (χ0n) is 25.2. The first-order valence-electron chi connectivity index (χ1n) is 16.0. The summed E-state index contributed by atoms with van der Waals surface area (Å²) in [6.45, 7) is 4.06. The van der Waals surface area contributed by atoms with Gasteiger partial charge in [0.2, 0.25) is 5.91 Å². The molecule has 5 heteroatoms. The van der Waals surface area contributed by atoms with Gasteiger partial charge < -0.3 is 20.6 Å². The molecule has 39 heavy (non-hydrogen) atoms. The highest BCUT2D eigenvalue weighted by Crippen LogP contribution is 2.10. The Balaban J connectivity index is 3.91. The first kappa shape index (κ1) is 37.3. The maximum Gasteiger partial charge on any atom is 0.249 e.